The van der Waals surface area contributed by atoms with Crippen molar-refractivity contribution >= 4 is 28.9 Å². The lowest BCUT2D eigenvalue weighted by atomic mass is 10.1. The van der Waals surface area contributed by atoms with Crippen molar-refractivity contribution in [3.05, 3.63) is 29.5 Å². The van der Waals surface area contributed by atoms with Gasteiger partial charge in [0, 0.05) is 49.3 Å². The SMILES string of the molecule is CCn1cc(C)c2c(C)c(N(C)CCC(=O)NC=O)ccc21. The summed E-state index contributed by atoms with van der Waals surface area (Å²) in [4.78, 5) is 23.7. The number of aromatic nitrogens is 1. The maximum atomic E-state index is 11.4. The Morgan fingerprint density at radius 2 is 2.09 bits per heavy atom. The highest BCUT2D eigenvalue weighted by Gasteiger charge is 2.13. The topological polar surface area (TPSA) is 54.3 Å². The van der Waals surface area contributed by atoms with Crippen LogP contribution in [0.3, 0.4) is 0 Å². The van der Waals surface area contributed by atoms with E-state index in [1.54, 1.807) is 0 Å². The maximum Gasteiger partial charge on any atom is 0.228 e. The van der Waals surface area contributed by atoms with Crippen molar-refractivity contribution in [3.8, 4) is 0 Å². The van der Waals surface area contributed by atoms with Crippen LogP contribution in [0.2, 0.25) is 0 Å². The molecule has 2 amide bonds. The number of nitrogens with one attached hydrogen (secondary N) is 1. The Balaban J connectivity index is 2.28. The normalized spacial score (nSPS) is 10.7. The molecule has 0 saturated heterocycles. The molecule has 118 valence electrons. The molecule has 1 heterocycles. The van der Waals surface area contributed by atoms with E-state index in [0.717, 1.165) is 12.2 Å². The fraction of sp³-hybridized carbons (Fsp3) is 0.412. The molecule has 0 radical (unpaired) electrons. The second-order valence-corrected chi connectivity index (χ2v) is 5.56. The van der Waals surface area contributed by atoms with Gasteiger partial charge in [-0.25, -0.2) is 0 Å². The number of carbonyl (C=O) groups excluding carboxylic acids is 2. The summed E-state index contributed by atoms with van der Waals surface area (Å²) >= 11 is 0. The molecule has 0 unspecified atom stereocenters. The Kier molecular flexibility index (Phi) is 4.85. The van der Waals surface area contributed by atoms with Crippen LogP contribution in [-0.4, -0.2) is 30.5 Å². The van der Waals surface area contributed by atoms with Gasteiger partial charge in [-0.2, -0.15) is 0 Å². The molecule has 1 N–H and O–H groups in total. The lowest BCUT2D eigenvalue weighted by molar-refractivity contribution is -0.125. The molecule has 1 aromatic heterocycles. The quantitative estimate of drug-likeness (QED) is 0.833. The van der Waals surface area contributed by atoms with Crippen molar-refractivity contribution in [1.82, 2.24) is 9.88 Å². The van der Waals surface area contributed by atoms with E-state index in [9.17, 15) is 9.59 Å². The second kappa shape index (κ2) is 6.64. The van der Waals surface area contributed by atoms with E-state index in [-0.39, 0.29) is 5.91 Å². The van der Waals surface area contributed by atoms with Crippen molar-refractivity contribution in [2.24, 2.45) is 0 Å². The van der Waals surface area contributed by atoms with E-state index in [1.165, 1.54) is 22.0 Å². The molecule has 0 spiro atoms. The maximum absolute atomic E-state index is 11.4. The van der Waals surface area contributed by atoms with Crippen molar-refractivity contribution < 1.29 is 9.59 Å². The molecule has 22 heavy (non-hydrogen) atoms. The van der Waals surface area contributed by atoms with Crippen molar-refractivity contribution in [2.45, 2.75) is 33.7 Å². The zero-order valence-corrected chi connectivity index (χ0v) is 13.6. The van der Waals surface area contributed by atoms with Gasteiger partial charge in [0.25, 0.3) is 0 Å². The van der Waals surface area contributed by atoms with Gasteiger partial charge in [-0.3, -0.25) is 14.9 Å². The number of rotatable bonds is 6. The van der Waals surface area contributed by atoms with E-state index >= 15 is 0 Å². The van der Waals surface area contributed by atoms with Gasteiger partial charge < -0.3 is 9.47 Å². The molecule has 2 rings (SSSR count). The molecule has 5 nitrogen and oxygen atoms in total. The van der Waals surface area contributed by atoms with Gasteiger partial charge in [0.1, 0.15) is 0 Å². The largest absolute Gasteiger partial charge is 0.374 e. The van der Waals surface area contributed by atoms with Crippen molar-refractivity contribution in [1.29, 1.82) is 0 Å². The molecule has 2 aromatic rings. The van der Waals surface area contributed by atoms with E-state index in [2.05, 4.69) is 53.9 Å². The Morgan fingerprint density at radius 1 is 1.36 bits per heavy atom. The zero-order chi connectivity index (χ0) is 16.3. The Bertz CT molecular complexity index is 703. The van der Waals surface area contributed by atoms with Gasteiger partial charge in [0.05, 0.1) is 0 Å². The lowest BCUT2D eigenvalue weighted by Gasteiger charge is -2.22. The van der Waals surface area contributed by atoms with Crippen LogP contribution < -0.4 is 10.2 Å². The molecule has 0 aliphatic heterocycles. The fourth-order valence-electron chi connectivity index (χ4n) is 2.99. The summed E-state index contributed by atoms with van der Waals surface area (Å²) in [6, 6.07) is 4.23. The van der Waals surface area contributed by atoms with Gasteiger partial charge >= 0.3 is 0 Å². The number of aryl methyl sites for hydroxylation is 3. The van der Waals surface area contributed by atoms with E-state index in [0.29, 0.717) is 19.4 Å². The number of hydrogen-bond donors (Lipinski definition) is 1. The fourth-order valence-corrected chi connectivity index (χ4v) is 2.99. The number of benzene rings is 1. The van der Waals surface area contributed by atoms with Crippen LogP contribution in [0.25, 0.3) is 10.9 Å². The Labute approximate surface area is 130 Å². The molecule has 0 aliphatic rings. The third-order valence-corrected chi connectivity index (χ3v) is 4.11. The Hall–Kier alpha value is -2.30. The molecule has 1 aromatic carbocycles. The monoisotopic (exact) mass is 301 g/mol. The number of anilines is 1. The van der Waals surface area contributed by atoms with Gasteiger partial charge in [-0.15, -0.1) is 0 Å². The summed E-state index contributed by atoms with van der Waals surface area (Å²) in [6.07, 6.45) is 2.90. The molecule has 0 aliphatic carbocycles. The van der Waals surface area contributed by atoms with Crippen molar-refractivity contribution in [2.75, 3.05) is 18.5 Å². The first-order valence-corrected chi connectivity index (χ1v) is 7.52. The number of amides is 2. The summed E-state index contributed by atoms with van der Waals surface area (Å²) in [5.74, 6) is -0.256. The van der Waals surface area contributed by atoms with E-state index in [1.807, 2.05) is 7.05 Å². The highest BCUT2D eigenvalue weighted by molar-refractivity contribution is 5.91. The minimum absolute atomic E-state index is 0.256. The Morgan fingerprint density at radius 3 is 2.73 bits per heavy atom. The van der Waals surface area contributed by atoms with Gasteiger partial charge in [-0.1, -0.05) is 0 Å². The summed E-state index contributed by atoms with van der Waals surface area (Å²) in [7, 11) is 1.97. The van der Waals surface area contributed by atoms with Crippen molar-refractivity contribution in [3.63, 3.8) is 0 Å². The molecule has 0 saturated carbocycles. The first-order chi connectivity index (χ1) is 10.5. The average molecular weight is 301 g/mol. The summed E-state index contributed by atoms with van der Waals surface area (Å²) in [5, 5.41) is 3.45. The number of hydrogen-bond acceptors (Lipinski definition) is 3. The van der Waals surface area contributed by atoms with Crippen LogP contribution in [0.1, 0.15) is 24.5 Å². The molecule has 0 bridgehead atoms. The van der Waals surface area contributed by atoms with Gasteiger partial charge in [-0.05, 0) is 44.0 Å². The first-order valence-electron chi connectivity index (χ1n) is 7.52. The van der Waals surface area contributed by atoms with Crippen LogP contribution >= 0.6 is 0 Å². The standard InChI is InChI=1S/C17H23N3O2/c1-5-20-10-12(2)17-13(3)14(6-7-15(17)20)19(4)9-8-16(22)18-11-21/h6-7,10-11H,5,8-9H2,1-4H3,(H,18,21,22). The minimum atomic E-state index is -0.256. The zero-order valence-electron chi connectivity index (χ0n) is 13.6. The minimum Gasteiger partial charge on any atom is -0.374 e. The lowest BCUT2D eigenvalue weighted by Crippen LogP contribution is -2.28. The second-order valence-electron chi connectivity index (χ2n) is 5.56. The highest BCUT2D eigenvalue weighted by Crippen LogP contribution is 2.31. The number of fused-ring (bicyclic) bond motifs is 1. The van der Waals surface area contributed by atoms with Crippen LogP contribution in [0.5, 0.6) is 0 Å². The molecule has 0 atom stereocenters. The van der Waals surface area contributed by atoms with Crippen LogP contribution in [0.15, 0.2) is 18.3 Å². The summed E-state index contributed by atoms with van der Waals surface area (Å²) < 4.78 is 2.25. The van der Waals surface area contributed by atoms with Crippen LogP contribution in [-0.2, 0) is 16.1 Å². The van der Waals surface area contributed by atoms with Crippen LogP contribution in [0.4, 0.5) is 5.69 Å². The smallest absolute Gasteiger partial charge is 0.228 e. The molecule has 0 fully saturated rings. The highest BCUT2D eigenvalue weighted by atomic mass is 16.2. The average Bonchev–Trinajstić information content (AvgIpc) is 2.82. The number of imide groups is 1. The van der Waals surface area contributed by atoms with Crippen LogP contribution in [0, 0.1) is 13.8 Å². The van der Waals surface area contributed by atoms with Gasteiger partial charge in [0.15, 0.2) is 0 Å². The summed E-state index contributed by atoms with van der Waals surface area (Å²) in [6.45, 7) is 7.90. The molecular weight excluding hydrogens is 278 g/mol. The number of nitrogens with zero attached hydrogens (tertiary/aromatic N) is 2. The molecular formula is C17H23N3O2. The number of carbonyl (C=O) groups is 2. The van der Waals surface area contributed by atoms with Gasteiger partial charge in [0.2, 0.25) is 12.3 Å². The van der Waals surface area contributed by atoms with E-state index < -0.39 is 0 Å². The third-order valence-electron chi connectivity index (χ3n) is 4.11. The van der Waals surface area contributed by atoms with E-state index in [4.69, 9.17) is 0 Å². The molecule has 5 heteroatoms. The first kappa shape index (κ1) is 16.1. The predicted molar refractivity (Wildman–Crippen MR) is 89.2 cm³/mol. The third kappa shape index (κ3) is 2.98. The predicted octanol–water partition coefficient (Wildman–Crippen LogP) is 2.38. The summed E-state index contributed by atoms with van der Waals surface area (Å²) in [5.41, 5.74) is 4.85.